The molecule has 1 aromatic carbocycles. The van der Waals surface area contributed by atoms with Gasteiger partial charge in [0.15, 0.2) is 11.5 Å². The van der Waals surface area contributed by atoms with Crippen molar-refractivity contribution in [2.45, 2.75) is 13.1 Å². The summed E-state index contributed by atoms with van der Waals surface area (Å²) in [5, 5.41) is 14.6. The molecule has 4 rings (SSSR count). The van der Waals surface area contributed by atoms with Crippen LogP contribution in [-0.4, -0.2) is 45.3 Å². The molecule has 0 unspecified atom stereocenters. The number of rotatable bonds is 6. The molecule has 2 aromatic heterocycles. The van der Waals surface area contributed by atoms with Gasteiger partial charge in [0, 0.05) is 19.6 Å². The zero-order valence-corrected chi connectivity index (χ0v) is 17.5. The maximum absolute atomic E-state index is 12.5. The van der Waals surface area contributed by atoms with E-state index in [0.29, 0.717) is 46.7 Å². The minimum absolute atomic E-state index is 0. The Morgan fingerprint density at radius 1 is 1.21 bits per heavy atom. The van der Waals surface area contributed by atoms with Crippen molar-refractivity contribution in [3.05, 3.63) is 50.4 Å². The number of benzene rings is 1. The predicted molar refractivity (Wildman–Crippen MR) is 117 cm³/mol. The van der Waals surface area contributed by atoms with Crippen LogP contribution < -0.4 is 21.5 Å². The van der Waals surface area contributed by atoms with Crippen LogP contribution in [-0.2, 0) is 13.1 Å². The van der Waals surface area contributed by atoms with Gasteiger partial charge in [-0.15, -0.1) is 12.4 Å². The Morgan fingerprint density at radius 3 is 2.83 bits per heavy atom. The van der Waals surface area contributed by atoms with Crippen molar-refractivity contribution in [1.82, 2.24) is 30.4 Å². The van der Waals surface area contributed by atoms with E-state index in [1.165, 1.54) is 0 Å². The number of aromatic amines is 1. The Balaban J connectivity index is 0.00000240. The fraction of sp³-hybridized carbons (Fsp3) is 0.294. The first-order chi connectivity index (χ1) is 13.6. The van der Waals surface area contributed by atoms with Gasteiger partial charge in [-0.1, -0.05) is 29.3 Å². The number of nitrogens with zero attached hydrogens (tertiary/aromatic N) is 4. The largest absolute Gasteiger partial charge is 0.355 e. The molecule has 0 amide bonds. The van der Waals surface area contributed by atoms with Gasteiger partial charge in [-0.05, 0) is 17.7 Å². The highest BCUT2D eigenvalue weighted by molar-refractivity contribution is 6.42. The number of fused-ring (bicyclic) bond motifs is 1. The number of halogens is 3. The van der Waals surface area contributed by atoms with E-state index in [4.69, 9.17) is 23.2 Å². The van der Waals surface area contributed by atoms with Gasteiger partial charge >= 0.3 is 0 Å². The summed E-state index contributed by atoms with van der Waals surface area (Å²) in [7, 11) is 0. The summed E-state index contributed by atoms with van der Waals surface area (Å²) < 4.78 is 1.63. The fourth-order valence-electron chi connectivity index (χ4n) is 2.89. The Kier molecular flexibility index (Phi) is 6.83. The summed E-state index contributed by atoms with van der Waals surface area (Å²) in [6, 6.07) is 5.35. The molecule has 0 fully saturated rings. The zero-order chi connectivity index (χ0) is 19.5. The highest BCUT2D eigenvalue weighted by atomic mass is 35.5. The van der Waals surface area contributed by atoms with E-state index < -0.39 is 0 Å². The minimum atomic E-state index is -0.254. The summed E-state index contributed by atoms with van der Waals surface area (Å²) in [6.45, 7) is 3.17. The van der Waals surface area contributed by atoms with E-state index in [9.17, 15) is 4.79 Å². The Hall–Kier alpha value is -2.49. The normalized spacial score (nSPS) is 13.0. The highest BCUT2D eigenvalue weighted by Gasteiger charge is 2.11. The van der Waals surface area contributed by atoms with Gasteiger partial charge in [-0.3, -0.25) is 19.5 Å². The number of hydrogen-bond acceptors (Lipinski definition) is 7. The van der Waals surface area contributed by atoms with E-state index in [0.717, 1.165) is 24.6 Å². The molecule has 3 aromatic rings. The van der Waals surface area contributed by atoms with E-state index >= 15 is 0 Å². The molecular formula is C17H19Cl3N8O. The van der Waals surface area contributed by atoms with Crippen LogP contribution in [0.1, 0.15) is 5.56 Å². The Morgan fingerprint density at radius 2 is 2.07 bits per heavy atom. The molecule has 154 valence electrons. The van der Waals surface area contributed by atoms with Crippen molar-refractivity contribution in [3.63, 3.8) is 0 Å². The molecular weight excluding hydrogens is 439 g/mol. The maximum Gasteiger partial charge on any atom is 0.278 e. The summed E-state index contributed by atoms with van der Waals surface area (Å²) in [6.07, 6.45) is 1.58. The van der Waals surface area contributed by atoms with Gasteiger partial charge in [0.05, 0.1) is 29.3 Å². The number of anilines is 1. The summed E-state index contributed by atoms with van der Waals surface area (Å²) >= 11 is 11.9. The summed E-state index contributed by atoms with van der Waals surface area (Å²) in [5.41, 5.74) is 1.62. The second-order valence-electron chi connectivity index (χ2n) is 6.20. The van der Waals surface area contributed by atoms with Gasteiger partial charge in [-0.2, -0.15) is 5.10 Å². The van der Waals surface area contributed by atoms with Gasteiger partial charge in [-0.25, -0.2) is 4.98 Å². The number of nitrogens with one attached hydrogen (secondary N) is 4. The molecule has 12 heteroatoms. The van der Waals surface area contributed by atoms with Crippen LogP contribution >= 0.6 is 35.6 Å². The van der Waals surface area contributed by atoms with Crippen LogP contribution in [0, 0.1) is 0 Å². The zero-order valence-electron chi connectivity index (χ0n) is 15.2. The monoisotopic (exact) mass is 456 g/mol. The Bertz CT molecular complexity index is 1090. The fourth-order valence-corrected chi connectivity index (χ4v) is 3.21. The smallest absolute Gasteiger partial charge is 0.278 e. The van der Waals surface area contributed by atoms with E-state index in [1.54, 1.807) is 23.0 Å². The van der Waals surface area contributed by atoms with Crippen LogP contribution in [0.5, 0.6) is 0 Å². The molecule has 9 nitrogen and oxygen atoms in total. The van der Waals surface area contributed by atoms with E-state index in [-0.39, 0.29) is 18.0 Å². The molecule has 0 spiro atoms. The first kappa shape index (κ1) is 21.2. The summed E-state index contributed by atoms with van der Waals surface area (Å²) in [5.74, 6) is 1.14. The van der Waals surface area contributed by atoms with Gasteiger partial charge < -0.3 is 16.0 Å². The quantitative estimate of drug-likeness (QED) is 0.450. The Labute approximate surface area is 182 Å². The standard InChI is InChI=1S/C17H18Cl2N8O.ClH/c18-11-2-1-10(7-12(11)19)8-23-17-25-13-9-24-27(14(13)15(28)26-17)6-5-22-16-20-3-4-21-16;/h1-2,7,9H,3-6,8H2,(H2,20,21,22)(H2,23,25,26,28);1H. The van der Waals surface area contributed by atoms with Gasteiger partial charge in [0.25, 0.3) is 5.56 Å². The molecule has 0 saturated heterocycles. The van der Waals surface area contributed by atoms with Crippen LogP contribution in [0.3, 0.4) is 0 Å². The topological polar surface area (TPSA) is 112 Å². The van der Waals surface area contributed by atoms with Gasteiger partial charge in [0.2, 0.25) is 5.95 Å². The third-order valence-corrected chi connectivity index (χ3v) is 4.97. The second-order valence-corrected chi connectivity index (χ2v) is 7.02. The first-order valence-corrected chi connectivity index (χ1v) is 9.51. The number of guanidine groups is 1. The van der Waals surface area contributed by atoms with Crippen LogP contribution in [0.2, 0.25) is 10.0 Å². The second kappa shape index (κ2) is 9.34. The lowest BCUT2D eigenvalue weighted by Gasteiger charge is -2.08. The van der Waals surface area contributed by atoms with Gasteiger partial charge in [0.1, 0.15) is 5.52 Å². The third kappa shape index (κ3) is 4.92. The average molecular weight is 458 g/mol. The minimum Gasteiger partial charge on any atom is -0.355 e. The lowest BCUT2D eigenvalue weighted by Crippen LogP contribution is -2.36. The molecule has 0 atom stereocenters. The molecule has 1 aliphatic heterocycles. The van der Waals surface area contributed by atoms with Crippen LogP contribution in [0.4, 0.5) is 5.95 Å². The average Bonchev–Trinajstić information content (AvgIpc) is 3.33. The maximum atomic E-state index is 12.5. The number of hydrogen-bond donors (Lipinski definition) is 4. The van der Waals surface area contributed by atoms with Crippen LogP contribution in [0.15, 0.2) is 34.2 Å². The molecule has 4 N–H and O–H groups in total. The molecule has 0 radical (unpaired) electrons. The molecule has 0 bridgehead atoms. The molecule has 1 aliphatic rings. The van der Waals surface area contributed by atoms with Crippen LogP contribution in [0.25, 0.3) is 11.0 Å². The molecule has 0 saturated carbocycles. The third-order valence-electron chi connectivity index (χ3n) is 4.23. The predicted octanol–water partition coefficient (Wildman–Crippen LogP) is 2.01. The lowest BCUT2D eigenvalue weighted by molar-refractivity contribution is 0.616. The summed E-state index contributed by atoms with van der Waals surface area (Å²) in [4.78, 5) is 24.0. The van der Waals surface area contributed by atoms with Crippen molar-refractivity contribution < 1.29 is 0 Å². The van der Waals surface area contributed by atoms with E-state index in [2.05, 4.69) is 36.0 Å². The van der Waals surface area contributed by atoms with Crippen molar-refractivity contribution in [2.24, 2.45) is 4.99 Å². The van der Waals surface area contributed by atoms with Crippen molar-refractivity contribution in [2.75, 3.05) is 25.0 Å². The van der Waals surface area contributed by atoms with Crippen molar-refractivity contribution in [3.8, 4) is 0 Å². The molecule has 0 aliphatic carbocycles. The van der Waals surface area contributed by atoms with E-state index in [1.807, 2.05) is 6.07 Å². The molecule has 3 heterocycles. The first-order valence-electron chi connectivity index (χ1n) is 8.76. The van der Waals surface area contributed by atoms with Crippen molar-refractivity contribution in [1.29, 1.82) is 0 Å². The number of H-pyrrole nitrogens is 1. The lowest BCUT2D eigenvalue weighted by atomic mass is 10.2. The SMILES string of the molecule is Cl.O=c1[nH]c(NCc2ccc(Cl)c(Cl)c2)nc2cnn(CCNC3=NCCN3)c12. The number of aliphatic imine (C=N–C) groups is 1. The molecule has 29 heavy (non-hydrogen) atoms. The highest BCUT2D eigenvalue weighted by Crippen LogP contribution is 2.22. The van der Waals surface area contributed by atoms with Crippen molar-refractivity contribution >= 4 is 58.6 Å². The number of aromatic nitrogens is 4.